The lowest BCUT2D eigenvalue weighted by Crippen LogP contribution is -2.37. The fourth-order valence-electron chi connectivity index (χ4n) is 3.15. The van der Waals surface area contributed by atoms with E-state index in [1.54, 1.807) is 30.3 Å². The van der Waals surface area contributed by atoms with Crippen molar-refractivity contribution in [3.63, 3.8) is 0 Å². The van der Waals surface area contributed by atoms with Crippen molar-refractivity contribution in [3.05, 3.63) is 48.2 Å². The Morgan fingerprint density at radius 3 is 2.64 bits per heavy atom. The van der Waals surface area contributed by atoms with Crippen LogP contribution in [0.15, 0.2) is 42.6 Å². The largest absolute Gasteiger partial charge is 0.495 e. The molecule has 9 heteroatoms. The number of sulfonamides is 1. The van der Waals surface area contributed by atoms with Crippen molar-refractivity contribution < 1.29 is 17.9 Å². The van der Waals surface area contributed by atoms with E-state index in [2.05, 4.69) is 10.3 Å². The molecule has 2 heterocycles. The van der Waals surface area contributed by atoms with Gasteiger partial charge in [-0.1, -0.05) is 12.1 Å². The number of anilines is 2. The van der Waals surface area contributed by atoms with Crippen LogP contribution < -0.4 is 10.1 Å². The molecule has 3 rings (SSSR count). The molecule has 150 valence electrons. The molecule has 0 bridgehead atoms. The summed E-state index contributed by atoms with van der Waals surface area (Å²) in [7, 11) is -1.68. The third-order valence-corrected chi connectivity index (χ3v) is 5.91. The van der Waals surface area contributed by atoms with Gasteiger partial charge in [-0.15, -0.1) is 0 Å². The molecular weight excluding hydrogens is 380 g/mol. The van der Waals surface area contributed by atoms with Crippen molar-refractivity contribution in [2.75, 3.05) is 44.9 Å². The highest BCUT2D eigenvalue weighted by Gasteiger charge is 2.26. The third-order valence-electron chi connectivity index (χ3n) is 4.61. The fraction of sp³-hybridized carbons (Fsp3) is 0.368. The zero-order valence-corrected chi connectivity index (χ0v) is 16.8. The number of benzene rings is 1. The molecule has 1 aliphatic rings. The van der Waals surface area contributed by atoms with E-state index in [9.17, 15) is 13.2 Å². The molecule has 8 nitrogen and oxygen atoms in total. The highest BCUT2D eigenvalue weighted by atomic mass is 32.2. The van der Waals surface area contributed by atoms with E-state index in [4.69, 9.17) is 4.74 Å². The zero-order chi connectivity index (χ0) is 20.1. The molecule has 1 aromatic heterocycles. The molecule has 0 aliphatic carbocycles. The van der Waals surface area contributed by atoms with Crippen LogP contribution in [0.5, 0.6) is 5.75 Å². The number of para-hydroxylation sites is 2. The van der Waals surface area contributed by atoms with Crippen molar-refractivity contribution in [1.82, 2.24) is 14.2 Å². The van der Waals surface area contributed by atoms with E-state index in [0.29, 0.717) is 55.4 Å². The van der Waals surface area contributed by atoms with Crippen LogP contribution in [0.25, 0.3) is 0 Å². The second kappa shape index (κ2) is 8.57. The Hall–Kier alpha value is -2.65. The van der Waals surface area contributed by atoms with Crippen molar-refractivity contribution in [1.29, 1.82) is 0 Å². The Bertz CT molecular complexity index is 948. The van der Waals surface area contributed by atoms with Crippen molar-refractivity contribution in [2.45, 2.75) is 6.42 Å². The molecule has 1 aliphatic heterocycles. The van der Waals surface area contributed by atoms with E-state index in [0.717, 1.165) is 0 Å². The van der Waals surface area contributed by atoms with Gasteiger partial charge < -0.3 is 15.0 Å². The number of aromatic nitrogens is 1. The summed E-state index contributed by atoms with van der Waals surface area (Å²) in [4.78, 5) is 19.1. The number of amides is 1. The smallest absolute Gasteiger partial charge is 0.257 e. The number of carbonyl (C=O) groups excluding carboxylic acids is 1. The molecule has 0 atom stereocenters. The van der Waals surface area contributed by atoms with E-state index in [1.807, 2.05) is 24.3 Å². The van der Waals surface area contributed by atoms with Crippen LogP contribution in [0.1, 0.15) is 16.8 Å². The standard InChI is InChI=1S/C19H24N4O4S/c1-27-17-9-4-3-8-16(17)21-18-15(7-5-10-20-18)19(24)22-11-6-12-23(14-13-22)28(2,25)26/h3-5,7-10H,6,11-14H2,1-2H3,(H,20,21). The highest BCUT2D eigenvalue weighted by Crippen LogP contribution is 2.28. The van der Waals surface area contributed by atoms with Crippen molar-refractivity contribution in [2.24, 2.45) is 0 Å². The molecule has 1 amide bonds. The summed E-state index contributed by atoms with van der Waals surface area (Å²) in [5, 5.41) is 3.17. The van der Waals surface area contributed by atoms with Gasteiger partial charge in [0.1, 0.15) is 11.6 Å². The molecule has 0 unspecified atom stereocenters. The number of methoxy groups -OCH3 is 1. The predicted octanol–water partition coefficient (Wildman–Crippen LogP) is 1.94. The minimum absolute atomic E-state index is 0.180. The number of nitrogens with one attached hydrogen (secondary N) is 1. The number of carbonyl (C=O) groups is 1. The van der Waals surface area contributed by atoms with E-state index in [-0.39, 0.29) is 5.91 Å². The Balaban J connectivity index is 1.81. The summed E-state index contributed by atoms with van der Waals surface area (Å²) in [6.45, 7) is 1.55. The number of rotatable bonds is 5. The summed E-state index contributed by atoms with van der Waals surface area (Å²) in [5.41, 5.74) is 1.14. The second-order valence-corrected chi connectivity index (χ2v) is 8.52. The van der Waals surface area contributed by atoms with Gasteiger partial charge in [-0.2, -0.15) is 0 Å². The van der Waals surface area contributed by atoms with Crippen LogP contribution in [-0.2, 0) is 10.0 Å². The molecule has 1 saturated heterocycles. The first-order valence-electron chi connectivity index (χ1n) is 8.99. The Labute approximate surface area is 165 Å². The molecule has 1 aromatic carbocycles. The van der Waals surface area contributed by atoms with Crippen LogP contribution in [-0.4, -0.2) is 68.1 Å². The van der Waals surface area contributed by atoms with Crippen LogP contribution in [0.4, 0.5) is 11.5 Å². The van der Waals surface area contributed by atoms with Crippen LogP contribution >= 0.6 is 0 Å². The van der Waals surface area contributed by atoms with Gasteiger partial charge in [-0.3, -0.25) is 4.79 Å². The second-order valence-electron chi connectivity index (χ2n) is 6.53. The fourth-order valence-corrected chi connectivity index (χ4v) is 4.03. The lowest BCUT2D eigenvalue weighted by molar-refractivity contribution is 0.0765. The van der Waals surface area contributed by atoms with Crippen LogP contribution in [0.2, 0.25) is 0 Å². The lowest BCUT2D eigenvalue weighted by atomic mass is 10.2. The Morgan fingerprint density at radius 2 is 1.89 bits per heavy atom. The van der Waals surface area contributed by atoms with Gasteiger partial charge in [0.05, 0.1) is 24.6 Å². The van der Waals surface area contributed by atoms with E-state index < -0.39 is 10.0 Å². The van der Waals surface area contributed by atoms with Gasteiger partial charge in [0.15, 0.2) is 0 Å². The van der Waals surface area contributed by atoms with Gasteiger partial charge >= 0.3 is 0 Å². The molecule has 2 aromatic rings. The summed E-state index contributed by atoms with van der Waals surface area (Å²) < 4.78 is 30.3. The maximum absolute atomic E-state index is 13.1. The number of hydrogen-bond donors (Lipinski definition) is 1. The first-order chi connectivity index (χ1) is 13.4. The first-order valence-corrected chi connectivity index (χ1v) is 10.8. The van der Waals surface area contributed by atoms with Gasteiger partial charge in [0.2, 0.25) is 10.0 Å². The number of ether oxygens (including phenoxy) is 1. The molecule has 28 heavy (non-hydrogen) atoms. The summed E-state index contributed by atoms with van der Waals surface area (Å²) in [6, 6.07) is 10.8. The van der Waals surface area contributed by atoms with E-state index >= 15 is 0 Å². The summed E-state index contributed by atoms with van der Waals surface area (Å²) in [5.74, 6) is 0.896. The van der Waals surface area contributed by atoms with Gasteiger partial charge in [0, 0.05) is 32.4 Å². The number of hydrogen-bond acceptors (Lipinski definition) is 6. The van der Waals surface area contributed by atoms with Gasteiger partial charge in [0.25, 0.3) is 5.91 Å². The highest BCUT2D eigenvalue weighted by molar-refractivity contribution is 7.88. The normalized spacial score (nSPS) is 15.7. The van der Waals surface area contributed by atoms with Crippen LogP contribution in [0.3, 0.4) is 0 Å². The first kappa shape index (κ1) is 20.1. The molecule has 0 spiro atoms. The molecular formula is C19H24N4O4S. The minimum Gasteiger partial charge on any atom is -0.495 e. The predicted molar refractivity (Wildman–Crippen MR) is 107 cm³/mol. The minimum atomic E-state index is -3.26. The molecule has 0 saturated carbocycles. The number of nitrogens with zero attached hydrogens (tertiary/aromatic N) is 3. The maximum Gasteiger partial charge on any atom is 0.257 e. The zero-order valence-electron chi connectivity index (χ0n) is 16.0. The molecule has 1 fully saturated rings. The molecule has 1 N–H and O–H groups in total. The van der Waals surface area contributed by atoms with Crippen LogP contribution in [0, 0.1) is 0 Å². The average molecular weight is 404 g/mol. The van der Waals surface area contributed by atoms with E-state index in [1.165, 1.54) is 10.6 Å². The monoisotopic (exact) mass is 404 g/mol. The average Bonchev–Trinajstić information content (AvgIpc) is 2.95. The summed E-state index contributed by atoms with van der Waals surface area (Å²) >= 11 is 0. The van der Waals surface area contributed by atoms with Gasteiger partial charge in [-0.25, -0.2) is 17.7 Å². The van der Waals surface area contributed by atoms with Gasteiger partial charge in [-0.05, 0) is 30.7 Å². The Morgan fingerprint density at radius 1 is 1.11 bits per heavy atom. The van der Waals surface area contributed by atoms with Crippen molar-refractivity contribution >= 4 is 27.4 Å². The topological polar surface area (TPSA) is 91.8 Å². The Kier molecular flexibility index (Phi) is 6.15. The SMILES string of the molecule is COc1ccccc1Nc1ncccc1C(=O)N1CCCN(S(C)(=O)=O)CC1. The summed E-state index contributed by atoms with van der Waals surface area (Å²) in [6.07, 6.45) is 3.40. The number of pyridine rings is 1. The molecule has 0 radical (unpaired) electrons. The van der Waals surface area contributed by atoms with Crippen molar-refractivity contribution in [3.8, 4) is 5.75 Å². The maximum atomic E-state index is 13.1. The lowest BCUT2D eigenvalue weighted by Gasteiger charge is -2.22. The quantitative estimate of drug-likeness (QED) is 0.819. The third kappa shape index (κ3) is 4.60.